The molecular formula is C15H19NO4. The molecule has 2 unspecified atom stereocenters. The fourth-order valence-corrected chi connectivity index (χ4v) is 2.28. The van der Waals surface area contributed by atoms with Crippen molar-refractivity contribution in [2.45, 2.75) is 32.7 Å². The van der Waals surface area contributed by atoms with E-state index in [0.29, 0.717) is 0 Å². The summed E-state index contributed by atoms with van der Waals surface area (Å²) in [5, 5.41) is 8.99. The molecule has 2 rings (SSSR count). The van der Waals surface area contributed by atoms with Crippen LogP contribution >= 0.6 is 0 Å². The van der Waals surface area contributed by atoms with Gasteiger partial charge in [-0.15, -0.1) is 0 Å². The van der Waals surface area contributed by atoms with Crippen LogP contribution < -0.4 is 4.74 Å². The van der Waals surface area contributed by atoms with E-state index in [0.717, 1.165) is 22.4 Å². The number of nitrogens with zero attached hydrogens (tertiary/aromatic N) is 1. The molecule has 1 aromatic rings. The number of likely N-dealkylation sites (N-methyl/N-ethyl adjacent to an activating group) is 1. The van der Waals surface area contributed by atoms with E-state index >= 15 is 0 Å². The highest BCUT2D eigenvalue weighted by Gasteiger charge is 2.35. The van der Waals surface area contributed by atoms with Crippen LogP contribution in [-0.2, 0) is 9.59 Å². The van der Waals surface area contributed by atoms with E-state index in [9.17, 15) is 9.59 Å². The van der Waals surface area contributed by atoms with Crippen LogP contribution in [0.3, 0.4) is 0 Å². The van der Waals surface area contributed by atoms with Gasteiger partial charge in [0.2, 0.25) is 5.91 Å². The summed E-state index contributed by atoms with van der Waals surface area (Å²) in [6.45, 7) is 5.75. The van der Waals surface area contributed by atoms with E-state index in [1.807, 2.05) is 26.0 Å². The van der Waals surface area contributed by atoms with Crippen molar-refractivity contribution in [1.29, 1.82) is 0 Å². The Labute approximate surface area is 118 Å². The Kier molecular flexibility index (Phi) is 3.70. The number of hydrogen-bond acceptors (Lipinski definition) is 3. The lowest BCUT2D eigenvalue weighted by Crippen LogP contribution is -2.43. The molecule has 0 bridgehead atoms. The molecule has 1 aromatic carbocycles. The van der Waals surface area contributed by atoms with E-state index in [-0.39, 0.29) is 12.5 Å². The fraction of sp³-hybridized carbons (Fsp3) is 0.467. The third kappa shape index (κ3) is 2.35. The molecule has 0 saturated carbocycles. The number of carboxylic acids is 1. The van der Waals surface area contributed by atoms with Gasteiger partial charge in [-0.25, -0.2) is 4.79 Å². The zero-order valence-corrected chi connectivity index (χ0v) is 12.1. The first-order valence-corrected chi connectivity index (χ1v) is 6.56. The van der Waals surface area contributed by atoms with Crippen molar-refractivity contribution in [3.05, 3.63) is 28.8 Å². The summed E-state index contributed by atoms with van der Waals surface area (Å²) in [4.78, 5) is 24.7. The number of fused-ring (bicyclic) bond motifs is 1. The Morgan fingerprint density at radius 3 is 2.55 bits per heavy atom. The third-order valence-electron chi connectivity index (χ3n) is 3.99. The van der Waals surface area contributed by atoms with Gasteiger partial charge >= 0.3 is 5.97 Å². The second-order valence-electron chi connectivity index (χ2n) is 5.30. The SMILES string of the molecule is Cc1cc2c(cc1C)C(C(=O)N(C)C(C)C(=O)O)CO2. The summed E-state index contributed by atoms with van der Waals surface area (Å²) in [7, 11) is 1.51. The Morgan fingerprint density at radius 2 is 1.95 bits per heavy atom. The standard InChI is InChI=1S/C15H19NO4/c1-8-5-11-12(7-20-13(11)6-9(8)2)14(17)16(4)10(3)15(18)19/h5-6,10,12H,7H2,1-4H3,(H,18,19). The molecule has 5 heteroatoms. The van der Waals surface area contributed by atoms with Crippen LogP contribution in [0.1, 0.15) is 29.5 Å². The minimum Gasteiger partial charge on any atom is -0.492 e. The van der Waals surface area contributed by atoms with Crippen LogP contribution in [0.15, 0.2) is 12.1 Å². The van der Waals surface area contributed by atoms with E-state index in [1.165, 1.54) is 18.9 Å². The van der Waals surface area contributed by atoms with E-state index in [4.69, 9.17) is 9.84 Å². The summed E-state index contributed by atoms with van der Waals surface area (Å²) in [5.41, 5.74) is 3.06. The molecule has 0 aliphatic carbocycles. The van der Waals surface area contributed by atoms with Gasteiger partial charge < -0.3 is 14.7 Å². The first kappa shape index (κ1) is 14.4. The highest BCUT2D eigenvalue weighted by molar-refractivity contribution is 5.89. The predicted molar refractivity (Wildman–Crippen MR) is 74.0 cm³/mol. The normalized spacial score (nSPS) is 18.1. The molecule has 2 atom stereocenters. The maximum Gasteiger partial charge on any atom is 0.326 e. The minimum absolute atomic E-state index is 0.220. The van der Waals surface area contributed by atoms with Crippen LogP contribution in [0.5, 0.6) is 5.75 Å². The van der Waals surface area contributed by atoms with Crippen molar-refractivity contribution in [3.63, 3.8) is 0 Å². The number of carbonyl (C=O) groups is 2. The van der Waals surface area contributed by atoms with Crippen molar-refractivity contribution < 1.29 is 19.4 Å². The van der Waals surface area contributed by atoms with Gasteiger partial charge in [0.05, 0.1) is 0 Å². The molecule has 0 spiro atoms. The van der Waals surface area contributed by atoms with E-state index < -0.39 is 17.9 Å². The lowest BCUT2D eigenvalue weighted by molar-refractivity contribution is -0.148. The summed E-state index contributed by atoms with van der Waals surface area (Å²) in [5.74, 6) is -0.930. The quantitative estimate of drug-likeness (QED) is 0.913. The monoisotopic (exact) mass is 277 g/mol. The number of amides is 1. The topological polar surface area (TPSA) is 66.8 Å². The fourth-order valence-electron chi connectivity index (χ4n) is 2.28. The number of aryl methyl sites for hydroxylation is 2. The maximum absolute atomic E-state index is 12.4. The molecule has 0 radical (unpaired) electrons. The van der Waals surface area contributed by atoms with Gasteiger partial charge in [0, 0.05) is 12.6 Å². The van der Waals surface area contributed by atoms with E-state index in [1.54, 1.807) is 0 Å². The zero-order valence-electron chi connectivity index (χ0n) is 12.1. The molecule has 0 aromatic heterocycles. The number of aliphatic carboxylic acids is 1. The number of carbonyl (C=O) groups excluding carboxylic acids is 1. The molecular weight excluding hydrogens is 258 g/mol. The second-order valence-corrected chi connectivity index (χ2v) is 5.30. The summed E-state index contributed by atoms with van der Waals surface area (Å²) in [6, 6.07) is 3.04. The summed E-state index contributed by atoms with van der Waals surface area (Å²) in [6.07, 6.45) is 0. The average Bonchev–Trinajstić information content (AvgIpc) is 2.79. The molecule has 1 heterocycles. The van der Waals surface area contributed by atoms with Crippen LogP contribution in [0.4, 0.5) is 0 Å². The molecule has 1 aliphatic rings. The lowest BCUT2D eigenvalue weighted by Gasteiger charge is -2.24. The lowest BCUT2D eigenvalue weighted by atomic mass is 9.95. The molecule has 20 heavy (non-hydrogen) atoms. The maximum atomic E-state index is 12.4. The van der Waals surface area contributed by atoms with Gasteiger partial charge in [-0.1, -0.05) is 6.07 Å². The number of carboxylic acid groups (broad SMARTS) is 1. The number of rotatable bonds is 3. The van der Waals surface area contributed by atoms with Gasteiger partial charge in [-0.3, -0.25) is 4.79 Å². The first-order chi connectivity index (χ1) is 9.32. The van der Waals surface area contributed by atoms with Crippen LogP contribution in [-0.4, -0.2) is 41.6 Å². The summed E-state index contributed by atoms with van der Waals surface area (Å²) < 4.78 is 5.56. The van der Waals surface area contributed by atoms with E-state index in [2.05, 4.69) is 0 Å². The third-order valence-corrected chi connectivity index (χ3v) is 3.99. The van der Waals surface area contributed by atoms with Crippen molar-refractivity contribution in [1.82, 2.24) is 4.90 Å². The van der Waals surface area contributed by atoms with Gasteiger partial charge in [0.15, 0.2) is 0 Å². The first-order valence-electron chi connectivity index (χ1n) is 6.56. The Hall–Kier alpha value is -2.04. The average molecular weight is 277 g/mol. The van der Waals surface area contributed by atoms with Crippen molar-refractivity contribution in [2.75, 3.05) is 13.7 Å². The zero-order chi connectivity index (χ0) is 15.0. The molecule has 1 amide bonds. The highest BCUT2D eigenvalue weighted by Crippen LogP contribution is 2.37. The minimum atomic E-state index is -1.01. The number of hydrogen-bond donors (Lipinski definition) is 1. The smallest absolute Gasteiger partial charge is 0.326 e. The molecule has 108 valence electrons. The second kappa shape index (κ2) is 5.15. The Morgan fingerprint density at radius 1 is 1.35 bits per heavy atom. The molecule has 0 fully saturated rings. The molecule has 5 nitrogen and oxygen atoms in total. The van der Waals surface area contributed by atoms with Crippen molar-refractivity contribution in [3.8, 4) is 5.75 Å². The van der Waals surface area contributed by atoms with Crippen LogP contribution in [0.2, 0.25) is 0 Å². The Bertz CT molecular complexity index is 567. The van der Waals surface area contributed by atoms with Gasteiger partial charge in [0.1, 0.15) is 24.3 Å². The largest absolute Gasteiger partial charge is 0.492 e. The van der Waals surface area contributed by atoms with Crippen molar-refractivity contribution >= 4 is 11.9 Å². The predicted octanol–water partition coefficient (Wildman–Crippen LogP) is 1.71. The van der Waals surface area contributed by atoms with Gasteiger partial charge in [0.25, 0.3) is 0 Å². The number of benzene rings is 1. The molecule has 0 saturated heterocycles. The van der Waals surface area contributed by atoms with Crippen molar-refractivity contribution in [2.24, 2.45) is 0 Å². The highest BCUT2D eigenvalue weighted by atomic mass is 16.5. The van der Waals surface area contributed by atoms with Gasteiger partial charge in [-0.2, -0.15) is 0 Å². The van der Waals surface area contributed by atoms with Crippen LogP contribution in [0.25, 0.3) is 0 Å². The summed E-state index contributed by atoms with van der Waals surface area (Å²) >= 11 is 0. The Balaban J connectivity index is 2.28. The number of ether oxygens (including phenoxy) is 1. The molecule has 1 N–H and O–H groups in total. The molecule has 1 aliphatic heterocycles. The van der Waals surface area contributed by atoms with Gasteiger partial charge in [-0.05, 0) is 38.0 Å². The van der Waals surface area contributed by atoms with Crippen LogP contribution in [0, 0.1) is 13.8 Å².